The van der Waals surface area contributed by atoms with E-state index in [2.05, 4.69) is 0 Å². The number of rotatable bonds is 4. The van der Waals surface area contributed by atoms with Crippen LogP contribution >= 0.6 is 46.4 Å². The first-order valence-electron chi connectivity index (χ1n) is 7.90. The van der Waals surface area contributed by atoms with Gasteiger partial charge in [-0.2, -0.15) is 8.42 Å². The summed E-state index contributed by atoms with van der Waals surface area (Å²) in [6, 6.07) is 12.0. The Labute approximate surface area is 186 Å². The highest BCUT2D eigenvalue weighted by Crippen LogP contribution is 2.53. The summed E-state index contributed by atoms with van der Waals surface area (Å²) in [6.07, 6.45) is 0. The molecule has 0 bridgehead atoms. The number of hydrogen-bond donors (Lipinski definition) is 3. The molecule has 152 valence electrons. The largest absolute Gasteiger partial charge is 0.508 e. The van der Waals surface area contributed by atoms with E-state index in [-0.39, 0.29) is 36.8 Å². The molecule has 1 atom stereocenters. The Bertz CT molecular complexity index is 1170. The molecule has 0 aliphatic carbocycles. The summed E-state index contributed by atoms with van der Waals surface area (Å²) in [5.74, 6) is -1.00. The minimum absolute atomic E-state index is 0.0373. The first-order chi connectivity index (χ1) is 13.5. The summed E-state index contributed by atoms with van der Waals surface area (Å²) >= 11 is 24.7. The van der Waals surface area contributed by atoms with Gasteiger partial charge in [0.15, 0.2) is 10.5 Å². The van der Waals surface area contributed by atoms with Crippen molar-refractivity contribution in [1.82, 2.24) is 0 Å². The maximum atomic E-state index is 13.0. The maximum absolute atomic E-state index is 13.0. The molecule has 3 aromatic rings. The topological polar surface area (TPSA) is 94.8 Å². The van der Waals surface area contributed by atoms with Crippen LogP contribution in [0, 0.1) is 0 Å². The molecular weight excluding hydrogens is 482 g/mol. The van der Waals surface area contributed by atoms with E-state index in [4.69, 9.17) is 46.4 Å². The van der Waals surface area contributed by atoms with Crippen LogP contribution in [0.4, 0.5) is 0 Å². The van der Waals surface area contributed by atoms with Crippen LogP contribution in [0.2, 0.25) is 20.1 Å². The molecule has 3 aromatic carbocycles. The quantitative estimate of drug-likeness (QED) is 0.311. The molecule has 29 heavy (non-hydrogen) atoms. The average molecular weight is 494 g/mol. The van der Waals surface area contributed by atoms with Gasteiger partial charge in [-0.05, 0) is 35.9 Å². The van der Waals surface area contributed by atoms with Crippen LogP contribution in [0.15, 0.2) is 54.6 Å². The summed E-state index contributed by atoms with van der Waals surface area (Å²) < 4.78 is 34.0. The van der Waals surface area contributed by atoms with E-state index in [1.54, 1.807) is 6.07 Å². The number of phenolic OH excluding ortho intramolecular Hbond substituents is 2. The second kappa shape index (κ2) is 7.87. The van der Waals surface area contributed by atoms with Gasteiger partial charge >= 0.3 is 0 Å². The highest BCUT2D eigenvalue weighted by atomic mass is 35.5. The SMILES string of the molecule is O=S(=O)(O)C(c1cc(Cl)c(O)c(Cl)c1)(c1ccccc1Cl)c1c(O)cccc1Cl. The molecule has 0 saturated carbocycles. The maximum Gasteiger partial charge on any atom is 0.283 e. The van der Waals surface area contributed by atoms with Crippen molar-refractivity contribution in [2.45, 2.75) is 4.75 Å². The second-order valence-electron chi connectivity index (χ2n) is 6.06. The van der Waals surface area contributed by atoms with Crippen LogP contribution in [-0.4, -0.2) is 23.2 Å². The normalized spacial score (nSPS) is 13.8. The highest BCUT2D eigenvalue weighted by molar-refractivity contribution is 7.87. The number of aromatic hydroxyl groups is 2. The van der Waals surface area contributed by atoms with Crippen molar-refractivity contribution in [3.05, 3.63) is 91.4 Å². The van der Waals surface area contributed by atoms with E-state index in [9.17, 15) is 23.2 Å². The van der Waals surface area contributed by atoms with Crippen LogP contribution in [-0.2, 0) is 14.9 Å². The molecule has 0 amide bonds. The molecule has 0 aromatic heterocycles. The third kappa shape index (κ3) is 3.54. The van der Waals surface area contributed by atoms with Crippen molar-refractivity contribution in [3.63, 3.8) is 0 Å². The summed E-state index contributed by atoms with van der Waals surface area (Å²) in [6.45, 7) is 0. The monoisotopic (exact) mass is 492 g/mol. The Hall–Kier alpha value is -1.67. The van der Waals surface area contributed by atoms with E-state index in [0.29, 0.717) is 0 Å². The second-order valence-corrected chi connectivity index (χ2v) is 9.25. The molecule has 0 fully saturated rings. The molecule has 0 spiro atoms. The number of halogens is 4. The molecule has 3 rings (SSSR count). The fourth-order valence-corrected chi connectivity index (χ4v) is 5.76. The van der Waals surface area contributed by atoms with Crippen LogP contribution in [0.25, 0.3) is 0 Å². The van der Waals surface area contributed by atoms with E-state index < -0.39 is 26.4 Å². The summed E-state index contributed by atoms with van der Waals surface area (Å²) in [5.41, 5.74) is -0.648. The molecule has 1 unspecified atom stereocenters. The predicted octanol–water partition coefficient (Wildman–Crippen LogP) is 5.89. The highest BCUT2D eigenvalue weighted by Gasteiger charge is 2.52. The van der Waals surface area contributed by atoms with Gasteiger partial charge in [-0.1, -0.05) is 70.7 Å². The van der Waals surface area contributed by atoms with Crippen LogP contribution in [0.5, 0.6) is 11.5 Å². The fourth-order valence-electron chi connectivity index (χ4n) is 3.23. The van der Waals surface area contributed by atoms with E-state index in [1.165, 1.54) is 36.4 Å². The predicted molar refractivity (Wildman–Crippen MR) is 114 cm³/mol. The van der Waals surface area contributed by atoms with Gasteiger partial charge in [-0.15, -0.1) is 0 Å². The zero-order valence-electron chi connectivity index (χ0n) is 14.3. The summed E-state index contributed by atoms with van der Waals surface area (Å²) in [4.78, 5) is 0. The molecule has 0 aliphatic heterocycles. The minimum atomic E-state index is -5.13. The van der Waals surface area contributed by atoms with Gasteiger partial charge in [0.2, 0.25) is 0 Å². The summed E-state index contributed by atoms with van der Waals surface area (Å²) in [5, 5.41) is 19.7. The molecule has 10 heteroatoms. The lowest BCUT2D eigenvalue weighted by Gasteiger charge is -2.34. The first kappa shape index (κ1) is 22.0. The Balaban J connectivity index is 2.66. The molecular formula is C19H12Cl4O5S. The summed E-state index contributed by atoms with van der Waals surface area (Å²) in [7, 11) is -5.13. The van der Waals surface area contributed by atoms with Gasteiger partial charge in [-0.3, -0.25) is 4.55 Å². The lowest BCUT2D eigenvalue weighted by molar-refractivity contribution is 0.440. The fraction of sp³-hybridized carbons (Fsp3) is 0.0526. The average Bonchev–Trinajstić information content (AvgIpc) is 2.62. The molecule has 5 nitrogen and oxygen atoms in total. The van der Waals surface area contributed by atoms with Gasteiger partial charge < -0.3 is 10.2 Å². The van der Waals surface area contributed by atoms with Crippen LogP contribution in [0.3, 0.4) is 0 Å². The molecule has 3 N–H and O–H groups in total. The van der Waals surface area contributed by atoms with Crippen molar-refractivity contribution < 1.29 is 23.2 Å². The Morgan fingerprint density at radius 3 is 1.83 bits per heavy atom. The zero-order chi connectivity index (χ0) is 21.6. The van der Waals surface area contributed by atoms with Gasteiger partial charge in [0, 0.05) is 21.2 Å². The number of hydrogen-bond acceptors (Lipinski definition) is 4. The lowest BCUT2D eigenvalue weighted by atomic mass is 9.83. The van der Waals surface area contributed by atoms with Crippen molar-refractivity contribution in [1.29, 1.82) is 0 Å². The lowest BCUT2D eigenvalue weighted by Crippen LogP contribution is -2.39. The molecule has 0 heterocycles. The molecule has 0 radical (unpaired) electrons. The van der Waals surface area contributed by atoms with Crippen molar-refractivity contribution >= 4 is 56.5 Å². The smallest absolute Gasteiger partial charge is 0.283 e. The Morgan fingerprint density at radius 2 is 1.31 bits per heavy atom. The van der Waals surface area contributed by atoms with E-state index >= 15 is 0 Å². The Morgan fingerprint density at radius 1 is 0.759 bits per heavy atom. The van der Waals surface area contributed by atoms with Gasteiger partial charge in [0.05, 0.1) is 10.0 Å². The van der Waals surface area contributed by atoms with Crippen molar-refractivity contribution in [2.24, 2.45) is 0 Å². The molecule has 0 saturated heterocycles. The first-order valence-corrected chi connectivity index (χ1v) is 10.9. The van der Waals surface area contributed by atoms with Crippen molar-refractivity contribution in [2.75, 3.05) is 0 Å². The van der Waals surface area contributed by atoms with Crippen LogP contribution in [0.1, 0.15) is 16.7 Å². The van der Waals surface area contributed by atoms with Gasteiger partial charge in [0.1, 0.15) is 5.75 Å². The Kier molecular flexibility index (Phi) is 5.98. The van der Waals surface area contributed by atoms with E-state index in [1.807, 2.05) is 0 Å². The minimum Gasteiger partial charge on any atom is -0.508 e. The standard InChI is InChI=1S/C19H12Cl4O5S/c20-12-5-2-1-4-11(12)19(29(26,27)28,17-13(21)6-3-7-16(17)24)10-8-14(22)18(25)15(23)9-10/h1-9,24-25H,(H,26,27,28). The number of phenols is 2. The van der Waals surface area contributed by atoms with Crippen molar-refractivity contribution in [3.8, 4) is 11.5 Å². The van der Waals surface area contributed by atoms with Gasteiger partial charge in [-0.25, -0.2) is 0 Å². The zero-order valence-corrected chi connectivity index (χ0v) is 18.1. The van der Waals surface area contributed by atoms with E-state index in [0.717, 1.165) is 12.1 Å². The van der Waals surface area contributed by atoms with Gasteiger partial charge in [0.25, 0.3) is 10.1 Å². The third-order valence-electron chi connectivity index (χ3n) is 4.41. The third-order valence-corrected chi connectivity index (χ3v) is 7.06. The molecule has 0 aliphatic rings. The number of benzene rings is 3. The van der Waals surface area contributed by atoms with Crippen LogP contribution < -0.4 is 0 Å².